The quantitative estimate of drug-likeness (QED) is 0.480. The van der Waals surface area contributed by atoms with Crippen LogP contribution in [0.1, 0.15) is 12.8 Å². The maximum absolute atomic E-state index is 10.1. The Bertz CT molecular complexity index is 234. The van der Waals surface area contributed by atoms with Gasteiger partial charge in [-0.3, -0.25) is 0 Å². The summed E-state index contributed by atoms with van der Waals surface area (Å²) in [5, 5.41) is 38.9. The van der Waals surface area contributed by atoms with Crippen LogP contribution in [-0.4, -0.2) is 34.1 Å². The van der Waals surface area contributed by atoms with E-state index < -0.39 is 36.4 Å². The molecule has 8 nitrogen and oxygen atoms in total. The van der Waals surface area contributed by atoms with Crippen LogP contribution < -0.4 is 15.3 Å². The summed E-state index contributed by atoms with van der Waals surface area (Å²) in [6, 6.07) is 0. The molecule has 0 aromatic rings. The third-order valence-corrected chi connectivity index (χ3v) is 1.25. The van der Waals surface area contributed by atoms with Crippen molar-refractivity contribution in [2.24, 2.45) is 0 Å². The fraction of sp³-hybridized carbons (Fsp3) is 0.500. The summed E-state index contributed by atoms with van der Waals surface area (Å²) in [5.74, 6) is -5.98. The van der Waals surface area contributed by atoms with E-state index in [-0.39, 0.29) is 22.5 Å². The average molecular weight is 263 g/mol. The number of carbonyl (C=O) groups is 3. The molecule has 0 aromatic carbocycles. The number of aliphatic hydroxyl groups is 1. The van der Waals surface area contributed by atoms with Gasteiger partial charge in [-0.1, -0.05) is 0 Å². The third-order valence-electron chi connectivity index (χ3n) is 1.25. The van der Waals surface area contributed by atoms with Crippen LogP contribution >= 0.6 is 0 Å². The van der Waals surface area contributed by atoms with Gasteiger partial charge in [-0.25, -0.2) is 0 Å². The Morgan fingerprint density at radius 1 is 1.00 bits per heavy atom. The van der Waals surface area contributed by atoms with Crippen molar-refractivity contribution in [3.8, 4) is 0 Å². The number of hydrogen-bond acceptors (Lipinski definition) is 7. The van der Waals surface area contributed by atoms with Crippen LogP contribution in [0.3, 0.4) is 0 Å². The van der Waals surface area contributed by atoms with E-state index in [1.165, 1.54) is 0 Å². The summed E-state index contributed by atoms with van der Waals surface area (Å²) in [7, 11) is 0. The Morgan fingerprint density at radius 2 is 1.27 bits per heavy atom. The number of rotatable bonds is 5. The minimum absolute atomic E-state index is 0. The Balaban J connectivity index is -0.000000720. The molecular formula is C6H7FeO8. The molecule has 1 radical (unpaired) electrons. The van der Waals surface area contributed by atoms with E-state index in [1.54, 1.807) is 0 Å². The van der Waals surface area contributed by atoms with E-state index in [2.05, 4.69) is 0 Å². The van der Waals surface area contributed by atoms with Crippen LogP contribution in [0.2, 0.25) is 0 Å². The molecule has 0 bridgehead atoms. The summed E-state index contributed by atoms with van der Waals surface area (Å²) in [4.78, 5) is 30.0. The number of carboxylic acids is 3. The molecular weight excluding hydrogens is 256 g/mol. The van der Waals surface area contributed by atoms with Gasteiger partial charge in [0, 0.05) is 24.8 Å². The van der Waals surface area contributed by atoms with Gasteiger partial charge in [0.05, 0.1) is 5.97 Å². The second-order valence-electron chi connectivity index (χ2n) is 2.42. The molecule has 0 amide bonds. The van der Waals surface area contributed by atoms with Gasteiger partial charge in [0.25, 0.3) is 0 Å². The molecule has 0 saturated heterocycles. The molecule has 0 aliphatic heterocycles. The van der Waals surface area contributed by atoms with Crippen LogP contribution in [0, 0.1) is 0 Å². The molecule has 0 fully saturated rings. The second-order valence-corrected chi connectivity index (χ2v) is 2.42. The Kier molecular flexibility index (Phi) is 9.30. The van der Waals surface area contributed by atoms with Gasteiger partial charge in [0.2, 0.25) is 0 Å². The van der Waals surface area contributed by atoms with E-state index in [9.17, 15) is 29.7 Å². The summed E-state index contributed by atoms with van der Waals surface area (Å²) >= 11 is 0. The first-order chi connectivity index (χ1) is 5.78. The van der Waals surface area contributed by atoms with Crippen LogP contribution in [0.15, 0.2) is 0 Å². The average Bonchev–Trinajstić information content (AvgIpc) is 1.82. The zero-order valence-corrected chi connectivity index (χ0v) is 8.27. The SMILES string of the molecule is O.O=C([O-])CC(O)(CC(=O)[O-])C(=O)[O-].[Fe+3]. The topological polar surface area (TPSA) is 172 Å². The fourth-order valence-corrected chi connectivity index (χ4v) is 0.684. The fourth-order valence-electron chi connectivity index (χ4n) is 0.684. The predicted octanol–water partition coefficient (Wildman–Crippen LogP) is -6.08. The van der Waals surface area contributed by atoms with E-state index in [0.29, 0.717) is 0 Å². The molecule has 9 heteroatoms. The third kappa shape index (κ3) is 6.86. The van der Waals surface area contributed by atoms with E-state index >= 15 is 0 Å². The van der Waals surface area contributed by atoms with Gasteiger partial charge < -0.3 is 40.3 Å². The first kappa shape index (κ1) is 19.4. The number of hydrogen-bond donors (Lipinski definition) is 1. The molecule has 0 rings (SSSR count). The second kappa shape index (κ2) is 7.18. The summed E-state index contributed by atoms with van der Waals surface area (Å²) in [6.07, 6.45) is -2.72. The van der Waals surface area contributed by atoms with E-state index in [1.807, 2.05) is 0 Å². The van der Waals surface area contributed by atoms with Gasteiger partial charge >= 0.3 is 17.1 Å². The molecule has 0 heterocycles. The zero-order valence-electron chi connectivity index (χ0n) is 7.16. The van der Waals surface area contributed by atoms with Crippen molar-refractivity contribution in [2.75, 3.05) is 0 Å². The molecule has 0 aliphatic rings. The van der Waals surface area contributed by atoms with Crippen LogP contribution in [0.25, 0.3) is 0 Å². The molecule has 3 N–H and O–H groups in total. The summed E-state index contributed by atoms with van der Waals surface area (Å²) in [5.41, 5.74) is -2.97. The smallest absolute Gasteiger partial charge is 0.550 e. The largest absolute Gasteiger partial charge is 3.00 e. The van der Waals surface area contributed by atoms with Crippen molar-refractivity contribution in [1.29, 1.82) is 0 Å². The molecule has 0 spiro atoms. The van der Waals surface area contributed by atoms with Gasteiger partial charge in [0.1, 0.15) is 5.60 Å². The first-order valence-electron chi connectivity index (χ1n) is 3.11. The number of carboxylic acid groups (broad SMARTS) is 3. The van der Waals surface area contributed by atoms with Gasteiger partial charge in [-0.15, -0.1) is 0 Å². The standard InChI is InChI=1S/C6H8O7.Fe.H2O/c7-3(8)1-6(13,5(11)12)2-4(9)10;;/h13H,1-2H2,(H,7,8)(H,9,10)(H,11,12);;1H2/q;+3;/p-3. The molecule has 0 aliphatic carbocycles. The predicted molar refractivity (Wildman–Crippen MR) is 32.8 cm³/mol. The van der Waals surface area contributed by atoms with E-state index in [4.69, 9.17) is 5.11 Å². The maximum atomic E-state index is 10.1. The number of aliphatic carboxylic acids is 3. The van der Waals surface area contributed by atoms with Crippen molar-refractivity contribution >= 4 is 17.9 Å². The van der Waals surface area contributed by atoms with Crippen LogP contribution in [0.5, 0.6) is 0 Å². The van der Waals surface area contributed by atoms with Crippen molar-refractivity contribution in [2.45, 2.75) is 18.4 Å². The Hall–Kier alpha value is -1.15. The zero-order chi connectivity index (χ0) is 10.6. The van der Waals surface area contributed by atoms with Crippen molar-refractivity contribution in [3.05, 3.63) is 0 Å². The van der Waals surface area contributed by atoms with Crippen LogP contribution in [-0.2, 0) is 31.5 Å². The van der Waals surface area contributed by atoms with Crippen LogP contribution in [0.4, 0.5) is 0 Å². The van der Waals surface area contributed by atoms with Crippen molar-refractivity contribution < 1.29 is 57.4 Å². The monoisotopic (exact) mass is 263 g/mol. The molecule has 87 valence electrons. The summed E-state index contributed by atoms with van der Waals surface area (Å²) in [6.45, 7) is 0. The van der Waals surface area contributed by atoms with Crippen molar-refractivity contribution in [3.63, 3.8) is 0 Å². The van der Waals surface area contributed by atoms with Gasteiger partial charge in [-0.2, -0.15) is 0 Å². The van der Waals surface area contributed by atoms with Crippen molar-refractivity contribution in [1.82, 2.24) is 0 Å². The first-order valence-corrected chi connectivity index (χ1v) is 3.11. The maximum Gasteiger partial charge on any atom is 3.00 e. The minimum Gasteiger partial charge on any atom is -0.550 e. The normalized spacial score (nSPS) is 9.40. The summed E-state index contributed by atoms with van der Waals surface area (Å²) < 4.78 is 0. The Morgan fingerprint density at radius 3 is 1.40 bits per heavy atom. The minimum atomic E-state index is -2.97. The van der Waals surface area contributed by atoms with Gasteiger partial charge in [0.15, 0.2) is 0 Å². The van der Waals surface area contributed by atoms with E-state index in [0.717, 1.165) is 0 Å². The molecule has 0 aromatic heterocycles. The Labute approximate surface area is 94.3 Å². The number of carbonyl (C=O) groups excluding carboxylic acids is 3. The molecule has 0 unspecified atom stereocenters. The molecule has 15 heavy (non-hydrogen) atoms. The molecule has 0 atom stereocenters. The molecule has 0 saturated carbocycles. The van der Waals surface area contributed by atoms with Gasteiger partial charge in [-0.05, 0) is 0 Å².